The zero-order valence-corrected chi connectivity index (χ0v) is 15.1. The summed E-state index contributed by atoms with van der Waals surface area (Å²) in [5, 5.41) is 2.51. The summed E-state index contributed by atoms with van der Waals surface area (Å²) in [6, 6.07) is 11.4. The molecule has 1 amide bonds. The molecule has 0 spiro atoms. The number of carbonyl (C=O) groups is 1. The molecule has 0 aliphatic heterocycles. The largest absolute Gasteiger partial charge is 0.351 e. The van der Waals surface area contributed by atoms with Gasteiger partial charge in [-0.05, 0) is 36.2 Å². The number of halogens is 2. The summed E-state index contributed by atoms with van der Waals surface area (Å²) in [4.78, 5) is 12.0. The van der Waals surface area contributed by atoms with Crippen molar-refractivity contribution in [2.75, 3.05) is 25.9 Å². The molecule has 0 saturated carbocycles. The highest BCUT2D eigenvalue weighted by atomic mass is 32.2. The second-order valence-corrected chi connectivity index (χ2v) is 7.76. The Hall–Kier alpha value is -2.32. The van der Waals surface area contributed by atoms with E-state index in [9.17, 15) is 22.0 Å². The summed E-state index contributed by atoms with van der Waals surface area (Å²) in [6.07, 6.45) is 1.49. The van der Waals surface area contributed by atoms with Crippen LogP contribution < -0.4 is 5.32 Å². The molecule has 2 aromatic rings. The number of hydrogen-bond acceptors (Lipinski definition) is 3. The number of hydrogen-bond donors (Lipinski definition) is 1. The fraction of sp³-hybridized carbons (Fsp3) is 0.278. The Morgan fingerprint density at radius 3 is 2.31 bits per heavy atom. The molecular weight excluding hydrogens is 362 g/mol. The average Bonchev–Trinajstić information content (AvgIpc) is 2.58. The quantitative estimate of drug-likeness (QED) is 0.761. The SMILES string of the molecule is CS(=O)(=O)N(CCNC(=O)c1ccccc1F)CCc1ccc(F)cc1. The molecule has 2 aromatic carbocycles. The maximum absolute atomic E-state index is 13.6. The van der Waals surface area contributed by atoms with E-state index in [2.05, 4.69) is 5.32 Å². The van der Waals surface area contributed by atoms with Crippen molar-refractivity contribution in [2.24, 2.45) is 0 Å². The zero-order valence-electron chi connectivity index (χ0n) is 14.3. The molecule has 0 bridgehead atoms. The summed E-state index contributed by atoms with van der Waals surface area (Å²) >= 11 is 0. The number of sulfonamides is 1. The summed E-state index contributed by atoms with van der Waals surface area (Å²) in [5.74, 6) is -1.60. The summed E-state index contributed by atoms with van der Waals surface area (Å²) in [6.45, 7) is 0.296. The second kappa shape index (κ2) is 8.86. The van der Waals surface area contributed by atoms with E-state index in [0.29, 0.717) is 6.42 Å². The van der Waals surface area contributed by atoms with Crippen molar-refractivity contribution in [3.8, 4) is 0 Å². The summed E-state index contributed by atoms with van der Waals surface area (Å²) in [5.41, 5.74) is 0.708. The molecule has 140 valence electrons. The van der Waals surface area contributed by atoms with E-state index in [1.165, 1.54) is 34.6 Å². The van der Waals surface area contributed by atoms with Crippen LogP contribution in [-0.4, -0.2) is 44.5 Å². The maximum Gasteiger partial charge on any atom is 0.254 e. The Labute approximate surface area is 151 Å². The van der Waals surface area contributed by atoms with Crippen LogP contribution in [0.1, 0.15) is 15.9 Å². The minimum absolute atomic E-state index is 0.0453. The molecule has 0 radical (unpaired) electrons. The molecule has 5 nitrogen and oxygen atoms in total. The lowest BCUT2D eigenvalue weighted by molar-refractivity contribution is 0.0947. The number of amides is 1. The molecule has 0 saturated heterocycles. The molecule has 0 fully saturated rings. The van der Waals surface area contributed by atoms with E-state index in [4.69, 9.17) is 0 Å². The van der Waals surface area contributed by atoms with Gasteiger partial charge in [0.1, 0.15) is 11.6 Å². The minimum Gasteiger partial charge on any atom is -0.351 e. The van der Waals surface area contributed by atoms with Crippen molar-refractivity contribution < 1.29 is 22.0 Å². The molecule has 0 heterocycles. The number of rotatable bonds is 8. The third-order valence-corrected chi connectivity index (χ3v) is 5.10. The molecule has 2 rings (SSSR count). The minimum atomic E-state index is -3.48. The van der Waals surface area contributed by atoms with Gasteiger partial charge in [-0.3, -0.25) is 4.79 Å². The van der Waals surface area contributed by atoms with E-state index in [-0.39, 0.29) is 31.0 Å². The van der Waals surface area contributed by atoms with Crippen molar-refractivity contribution in [2.45, 2.75) is 6.42 Å². The number of nitrogens with one attached hydrogen (secondary N) is 1. The standard InChI is InChI=1S/C18H20F2N2O3S/c1-26(24,25)22(12-10-14-6-8-15(19)9-7-14)13-11-21-18(23)16-4-2-3-5-17(16)20/h2-9H,10-13H2,1H3,(H,21,23). The lowest BCUT2D eigenvalue weighted by atomic mass is 10.1. The number of carbonyl (C=O) groups excluding carboxylic acids is 1. The van der Waals surface area contributed by atoms with Crippen molar-refractivity contribution >= 4 is 15.9 Å². The highest BCUT2D eigenvalue weighted by Crippen LogP contribution is 2.08. The van der Waals surface area contributed by atoms with Crippen molar-refractivity contribution in [3.63, 3.8) is 0 Å². The van der Waals surface area contributed by atoms with E-state index in [1.54, 1.807) is 18.2 Å². The maximum atomic E-state index is 13.6. The van der Waals surface area contributed by atoms with Crippen LogP contribution in [0.4, 0.5) is 8.78 Å². The summed E-state index contributed by atoms with van der Waals surface area (Å²) in [7, 11) is -3.48. The van der Waals surface area contributed by atoms with Gasteiger partial charge in [0, 0.05) is 19.6 Å². The smallest absolute Gasteiger partial charge is 0.254 e. The predicted octanol–water partition coefficient (Wildman–Crippen LogP) is 2.20. The van der Waals surface area contributed by atoms with Gasteiger partial charge >= 0.3 is 0 Å². The first kappa shape index (κ1) is 20.0. The van der Waals surface area contributed by atoms with Gasteiger partial charge in [0.05, 0.1) is 11.8 Å². The Kier molecular flexibility index (Phi) is 6.82. The van der Waals surface area contributed by atoms with Crippen LogP contribution >= 0.6 is 0 Å². The highest BCUT2D eigenvalue weighted by Gasteiger charge is 2.17. The molecule has 1 N–H and O–H groups in total. The van der Waals surface area contributed by atoms with Crippen LogP contribution in [0.2, 0.25) is 0 Å². The third kappa shape index (κ3) is 5.89. The number of benzene rings is 2. The molecule has 0 aliphatic rings. The van der Waals surface area contributed by atoms with Crippen LogP contribution in [0.15, 0.2) is 48.5 Å². The predicted molar refractivity (Wildman–Crippen MR) is 95.3 cm³/mol. The van der Waals surface area contributed by atoms with Crippen molar-refractivity contribution in [1.29, 1.82) is 0 Å². The van der Waals surface area contributed by atoms with Crippen LogP contribution in [0.25, 0.3) is 0 Å². The molecule has 0 atom stereocenters. The second-order valence-electron chi connectivity index (χ2n) is 5.77. The normalized spacial score (nSPS) is 11.5. The van der Waals surface area contributed by atoms with Crippen molar-refractivity contribution in [3.05, 3.63) is 71.3 Å². The van der Waals surface area contributed by atoms with Gasteiger partial charge in [0.15, 0.2) is 0 Å². The molecule has 0 aromatic heterocycles. The zero-order chi connectivity index (χ0) is 19.2. The Morgan fingerprint density at radius 1 is 1.04 bits per heavy atom. The fourth-order valence-corrected chi connectivity index (χ4v) is 3.23. The Morgan fingerprint density at radius 2 is 1.69 bits per heavy atom. The first-order chi connectivity index (χ1) is 12.3. The summed E-state index contributed by atoms with van der Waals surface area (Å²) < 4.78 is 51.5. The van der Waals surface area contributed by atoms with E-state index >= 15 is 0 Å². The van der Waals surface area contributed by atoms with E-state index < -0.39 is 21.7 Å². The monoisotopic (exact) mass is 382 g/mol. The fourth-order valence-electron chi connectivity index (χ4n) is 2.38. The van der Waals surface area contributed by atoms with E-state index in [1.807, 2.05) is 0 Å². The van der Waals surface area contributed by atoms with Crippen LogP contribution in [-0.2, 0) is 16.4 Å². The van der Waals surface area contributed by atoms with Gasteiger partial charge in [-0.15, -0.1) is 0 Å². The van der Waals surface area contributed by atoms with Crippen LogP contribution in [0.3, 0.4) is 0 Å². The van der Waals surface area contributed by atoms with Gasteiger partial charge in [-0.1, -0.05) is 24.3 Å². The van der Waals surface area contributed by atoms with Crippen LogP contribution in [0, 0.1) is 11.6 Å². The average molecular weight is 382 g/mol. The Balaban J connectivity index is 1.91. The van der Waals surface area contributed by atoms with Gasteiger partial charge in [0.25, 0.3) is 5.91 Å². The molecule has 0 unspecified atom stereocenters. The molecule has 8 heteroatoms. The third-order valence-electron chi connectivity index (χ3n) is 3.80. The van der Waals surface area contributed by atoms with Crippen LogP contribution in [0.5, 0.6) is 0 Å². The molecule has 26 heavy (non-hydrogen) atoms. The van der Waals surface area contributed by atoms with Gasteiger partial charge in [0.2, 0.25) is 10.0 Å². The topological polar surface area (TPSA) is 66.5 Å². The molecular formula is C18H20F2N2O3S. The lowest BCUT2D eigenvalue weighted by Crippen LogP contribution is -2.39. The van der Waals surface area contributed by atoms with Gasteiger partial charge in [-0.25, -0.2) is 21.5 Å². The first-order valence-electron chi connectivity index (χ1n) is 7.99. The highest BCUT2D eigenvalue weighted by molar-refractivity contribution is 7.88. The van der Waals surface area contributed by atoms with E-state index in [0.717, 1.165) is 11.8 Å². The number of nitrogens with zero attached hydrogens (tertiary/aromatic N) is 1. The van der Waals surface area contributed by atoms with Gasteiger partial charge in [-0.2, -0.15) is 0 Å². The lowest BCUT2D eigenvalue weighted by Gasteiger charge is -2.20. The van der Waals surface area contributed by atoms with Gasteiger partial charge < -0.3 is 5.32 Å². The molecule has 0 aliphatic carbocycles. The Bertz CT molecular complexity index is 855. The van der Waals surface area contributed by atoms with Crippen molar-refractivity contribution in [1.82, 2.24) is 9.62 Å². The first-order valence-corrected chi connectivity index (χ1v) is 9.84.